The first-order valence-electron chi connectivity index (χ1n) is 2.83. The van der Waals surface area contributed by atoms with Crippen LogP contribution in [0.2, 0.25) is 0 Å². The Balaban J connectivity index is 2.51. The van der Waals surface area contributed by atoms with Crippen molar-refractivity contribution in [1.82, 2.24) is 5.32 Å². The molecule has 1 rings (SSSR count). The van der Waals surface area contributed by atoms with Crippen molar-refractivity contribution in [2.45, 2.75) is 0 Å². The highest BCUT2D eigenvalue weighted by Gasteiger charge is 2.10. The average molecular weight is 146 g/mol. The fraction of sp³-hybridized carbons (Fsp3) is 0.500. The van der Waals surface area contributed by atoms with Gasteiger partial charge in [-0.15, -0.1) is 11.6 Å². The van der Waals surface area contributed by atoms with Gasteiger partial charge in [0.1, 0.15) is 0 Å². The predicted octanol–water partition coefficient (Wildman–Crippen LogP) is 0.324. The van der Waals surface area contributed by atoms with Gasteiger partial charge in [-0.2, -0.15) is 0 Å². The molecule has 0 radical (unpaired) electrons. The first-order chi connectivity index (χ1) is 4.34. The molecule has 0 aromatic heterocycles. The molecule has 0 aliphatic carbocycles. The molecule has 9 heavy (non-hydrogen) atoms. The monoisotopic (exact) mass is 145 g/mol. The van der Waals surface area contributed by atoms with E-state index in [2.05, 4.69) is 5.32 Å². The number of rotatable bonds is 2. The summed E-state index contributed by atoms with van der Waals surface area (Å²) in [7, 11) is 0. The zero-order valence-corrected chi connectivity index (χ0v) is 5.74. The smallest absolute Gasteiger partial charge is 0.174 e. The molecular formula is C6H8ClNO. The molecule has 1 aliphatic heterocycles. The molecular weight excluding hydrogens is 138 g/mol. The number of Topliss-reactive ketones (excluding diaryl/α,β-unsaturated/α-hetero) is 1. The zero-order chi connectivity index (χ0) is 6.69. The molecule has 50 valence electrons. The van der Waals surface area contributed by atoms with E-state index >= 15 is 0 Å². The quantitative estimate of drug-likeness (QED) is 0.568. The number of carbonyl (C=O) groups excluding carboxylic acids is 1. The molecule has 0 unspecified atom stereocenters. The van der Waals surface area contributed by atoms with Crippen molar-refractivity contribution in [3.63, 3.8) is 0 Å². The van der Waals surface area contributed by atoms with E-state index in [1.54, 1.807) is 0 Å². The van der Waals surface area contributed by atoms with Crippen LogP contribution in [0.3, 0.4) is 0 Å². The molecule has 0 fully saturated rings. The van der Waals surface area contributed by atoms with Crippen molar-refractivity contribution < 1.29 is 4.79 Å². The maximum atomic E-state index is 10.8. The standard InChI is InChI=1S/C6H8ClNO/c7-3-6(9)5-1-2-8-4-5/h1,8H,2-4H2. The lowest BCUT2D eigenvalue weighted by atomic mass is 10.2. The number of hydrogen-bond acceptors (Lipinski definition) is 2. The van der Waals surface area contributed by atoms with Gasteiger partial charge in [0, 0.05) is 18.7 Å². The van der Waals surface area contributed by atoms with Crippen LogP contribution in [-0.4, -0.2) is 24.8 Å². The first kappa shape index (κ1) is 6.78. The first-order valence-corrected chi connectivity index (χ1v) is 3.37. The second kappa shape index (κ2) is 2.99. The van der Waals surface area contributed by atoms with Gasteiger partial charge in [-0.1, -0.05) is 6.08 Å². The predicted molar refractivity (Wildman–Crippen MR) is 36.7 cm³/mol. The summed E-state index contributed by atoms with van der Waals surface area (Å²) in [4.78, 5) is 10.8. The highest BCUT2D eigenvalue weighted by Crippen LogP contribution is 2.00. The molecule has 1 aliphatic rings. The summed E-state index contributed by atoms with van der Waals surface area (Å²) >= 11 is 5.31. The summed E-state index contributed by atoms with van der Waals surface area (Å²) in [5, 5.41) is 3.02. The number of ketones is 1. The second-order valence-electron chi connectivity index (χ2n) is 1.92. The van der Waals surface area contributed by atoms with Gasteiger partial charge in [-0.3, -0.25) is 4.79 Å². The lowest BCUT2D eigenvalue weighted by Gasteiger charge is -1.93. The van der Waals surface area contributed by atoms with E-state index < -0.39 is 0 Å². The Kier molecular flexibility index (Phi) is 2.25. The van der Waals surface area contributed by atoms with Crippen molar-refractivity contribution >= 4 is 17.4 Å². The Morgan fingerprint density at radius 3 is 3.11 bits per heavy atom. The van der Waals surface area contributed by atoms with E-state index in [-0.39, 0.29) is 11.7 Å². The summed E-state index contributed by atoms with van der Waals surface area (Å²) in [6.07, 6.45) is 1.88. The fourth-order valence-corrected chi connectivity index (χ4v) is 0.944. The molecule has 1 heterocycles. The van der Waals surface area contributed by atoms with Crippen LogP contribution in [0.4, 0.5) is 0 Å². The van der Waals surface area contributed by atoms with Gasteiger partial charge < -0.3 is 5.32 Å². The van der Waals surface area contributed by atoms with Gasteiger partial charge in [0.25, 0.3) is 0 Å². The van der Waals surface area contributed by atoms with Crippen LogP contribution in [0.5, 0.6) is 0 Å². The van der Waals surface area contributed by atoms with Crippen LogP contribution in [0.15, 0.2) is 11.6 Å². The van der Waals surface area contributed by atoms with E-state index in [9.17, 15) is 4.79 Å². The SMILES string of the molecule is O=C(CCl)C1=CCNC1. The maximum Gasteiger partial charge on any atom is 0.174 e. The highest BCUT2D eigenvalue weighted by molar-refractivity contribution is 6.30. The molecule has 2 nitrogen and oxygen atoms in total. The van der Waals surface area contributed by atoms with Gasteiger partial charge in [-0.25, -0.2) is 0 Å². The topological polar surface area (TPSA) is 29.1 Å². The summed E-state index contributed by atoms with van der Waals surface area (Å²) in [5.74, 6) is 0.148. The second-order valence-corrected chi connectivity index (χ2v) is 2.18. The van der Waals surface area contributed by atoms with Crippen molar-refractivity contribution in [2.75, 3.05) is 19.0 Å². The van der Waals surface area contributed by atoms with Gasteiger partial charge in [-0.05, 0) is 0 Å². The third kappa shape index (κ3) is 1.53. The van der Waals surface area contributed by atoms with Gasteiger partial charge in [0.2, 0.25) is 0 Å². The minimum Gasteiger partial charge on any atom is -0.309 e. The molecule has 0 saturated heterocycles. The molecule has 0 bridgehead atoms. The van der Waals surface area contributed by atoms with Gasteiger partial charge in [0.15, 0.2) is 5.78 Å². The van der Waals surface area contributed by atoms with Crippen LogP contribution in [0.25, 0.3) is 0 Å². The molecule has 0 saturated carbocycles. The molecule has 0 aromatic carbocycles. The average Bonchev–Trinajstić information content (AvgIpc) is 2.37. The molecule has 0 spiro atoms. The van der Waals surface area contributed by atoms with Crippen molar-refractivity contribution in [1.29, 1.82) is 0 Å². The van der Waals surface area contributed by atoms with E-state index in [0.717, 1.165) is 12.1 Å². The Bertz CT molecular complexity index is 153. The molecule has 0 atom stereocenters. The summed E-state index contributed by atoms with van der Waals surface area (Å²) in [6, 6.07) is 0. The van der Waals surface area contributed by atoms with Crippen molar-refractivity contribution in [3.05, 3.63) is 11.6 Å². The molecule has 0 aromatic rings. The van der Waals surface area contributed by atoms with E-state index in [0.29, 0.717) is 6.54 Å². The highest BCUT2D eigenvalue weighted by atomic mass is 35.5. The van der Waals surface area contributed by atoms with E-state index in [1.165, 1.54) is 0 Å². The number of carbonyl (C=O) groups is 1. The summed E-state index contributed by atoms with van der Waals surface area (Å²) < 4.78 is 0. The summed E-state index contributed by atoms with van der Waals surface area (Å²) in [6.45, 7) is 1.49. The maximum absolute atomic E-state index is 10.8. The number of halogens is 1. The van der Waals surface area contributed by atoms with Crippen LogP contribution >= 0.6 is 11.6 Å². The third-order valence-corrected chi connectivity index (χ3v) is 1.53. The largest absolute Gasteiger partial charge is 0.309 e. The molecule has 3 heteroatoms. The lowest BCUT2D eigenvalue weighted by molar-refractivity contribution is -0.113. The molecule has 0 amide bonds. The van der Waals surface area contributed by atoms with Gasteiger partial charge in [0.05, 0.1) is 5.88 Å². The third-order valence-electron chi connectivity index (χ3n) is 1.29. The van der Waals surface area contributed by atoms with Crippen molar-refractivity contribution in [2.24, 2.45) is 0 Å². The minimum atomic E-state index is 0.0432. The number of nitrogens with one attached hydrogen (secondary N) is 1. The van der Waals surface area contributed by atoms with E-state index in [4.69, 9.17) is 11.6 Å². The zero-order valence-electron chi connectivity index (χ0n) is 4.98. The Morgan fingerprint density at radius 1 is 1.89 bits per heavy atom. The van der Waals surface area contributed by atoms with Crippen LogP contribution in [0.1, 0.15) is 0 Å². The Morgan fingerprint density at radius 2 is 2.67 bits per heavy atom. The normalized spacial score (nSPS) is 17.7. The van der Waals surface area contributed by atoms with Crippen LogP contribution in [0, 0.1) is 0 Å². The van der Waals surface area contributed by atoms with Crippen LogP contribution < -0.4 is 5.32 Å². The summed E-state index contributed by atoms with van der Waals surface area (Å²) in [5.41, 5.74) is 0.824. The van der Waals surface area contributed by atoms with Crippen LogP contribution in [-0.2, 0) is 4.79 Å². The Labute approximate surface area is 58.9 Å². The minimum absolute atomic E-state index is 0.0432. The lowest BCUT2D eigenvalue weighted by Crippen LogP contribution is -2.13. The van der Waals surface area contributed by atoms with Gasteiger partial charge >= 0.3 is 0 Å². The fourth-order valence-electron chi connectivity index (χ4n) is 0.773. The van der Waals surface area contributed by atoms with Crippen molar-refractivity contribution in [3.8, 4) is 0 Å². The van der Waals surface area contributed by atoms with E-state index in [1.807, 2.05) is 6.08 Å². The molecule has 1 N–H and O–H groups in total. The Hall–Kier alpha value is -0.340. The number of alkyl halides is 1. The number of hydrogen-bond donors (Lipinski definition) is 1.